The average molecular weight is 538 g/mol. The van der Waals surface area contributed by atoms with Crippen LogP contribution in [0.4, 0.5) is 4.39 Å². The van der Waals surface area contributed by atoms with Gasteiger partial charge in [0.25, 0.3) is 0 Å². The number of guanidine groups is 1. The van der Waals surface area contributed by atoms with E-state index in [0.717, 1.165) is 6.26 Å². The van der Waals surface area contributed by atoms with Gasteiger partial charge in [0.15, 0.2) is 15.8 Å². The van der Waals surface area contributed by atoms with Gasteiger partial charge in [0, 0.05) is 19.8 Å². The van der Waals surface area contributed by atoms with Gasteiger partial charge in [-0.3, -0.25) is 9.79 Å². The van der Waals surface area contributed by atoms with E-state index in [0.29, 0.717) is 22.8 Å². The maximum atomic E-state index is 13.6. The topological polar surface area (TPSA) is 113 Å². The number of carbonyl (C=O) groups excluding carboxylic acids is 1. The first-order valence-electron chi connectivity index (χ1n) is 8.45. The van der Waals surface area contributed by atoms with Gasteiger partial charge in [0.1, 0.15) is 11.6 Å². The second kappa shape index (κ2) is 11.8. The van der Waals surface area contributed by atoms with Crippen molar-refractivity contribution in [2.75, 3.05) is 19.8 Å². The highest BCUT2D eigenvalue weighted by atomic mass is 127. The first-order valence-corrected chi connectivity index (χ1v) is 10.5. The summed E-state index contributed by atoms with van der Waals surface area (Å²) in [6, 6.07) is 7.43. The molecule has 0 saturated heterocycles. The van der Waals surface area contributed by atoms with E-state index in [4.69, 9.17) is 4.42 Å². The summed E-state index contributed by atoms with van der Waals surface area (Å²) in [5, 5.41) is 8.47. The first kappa shape index (κ1) is 24.9. The van der Waals surface area contributed by atoms with E-state index in [1.165, 1.54) is 31.5 Å². The lowest BCUT2D eigenvalue weighted by atomic mass is 10.1. The normalized spacial score (nSPS) is 11.5. The SMILES string of the molecule is CN=C(NCC(=O)NCc1ccco1)NCc1cc(F)ccc1CS(C)(=O)=O.I. The molecule has 160 valence electrons. The molecule has 1 aromatic carbocycles. The summed E-state index contributed by atoms with van der Waals surface area (Å²) >= 11 is 0. The Labute approximate surface area is 186 Å². The number of hydrogen-bond acceptors (Lipinski definition) is 5. The predicted molar refractivity (Wildman–Crippen MR) is 119 cm³/mol. The monoisotopic (exact) mass is 538 g/mol. The molecule has 3 N–H and O–H groups in total. The number of amides is 1. The van der Waals surface area contributed by atoms with Crippen molar-refractivity contribution in [2.24, 2.45) is 4.99 Å². The zero-order chi connectivity index (χ0) is 20.6. The number of aliphatic imine (C=N–C) groups is 1. The van der Waals surface area contributed by atoms with Crippen molar-refractivity contribution in [3.8, 4) is 0 Å². The Morgan fingerprint density at radius 1 is 1.14 bits per heavy atom. The molecular weight excluding hydrogens is 514 g/mol. The minimum atomic E-state index is -3.26. The quantitative estimate of drug-likeness (QED) is 0.267. The summed E-state index contributed by atoms with van der Waals surface area (Å²) in [6.07, 6.45) is 2.64. The molecular formula is C18H24FIN4O4S. The number of carbonyl (C=O) groups is 1. The van der Waals surface area contributed by atoms with E-state index in [9.17, 15) is 17.6 Å². The van der Waals surface area contributed by atoms with Crippen molar-refractivity contribution in [3.63, 3.8) is 0 Å². The molecule has 0 bridgehead atoms. The van der Waals surface area contributed by atoms with Crippen molar-refractivity contribution in [1.29, 1.82) is 0 Å². The fourth-order valence-corrected chi connectivity index (χ4v) is 3.25. The molecule has 0 atom stereocenters. The number of benzene rings is 1. The highest BCUT2D eigenvalue weighted by Gasteiger charge is 2.11. The minimum absolute atomic E-state index is 0. The molecule has 0 aliphatic carbocycles. The number of rotatable bonds is 8. The Kier molecular flexibility index (Phi) is 10.1. The molecule has 0 unspecified atom stereocenters. The lowest BCUT2D eigenvalue weighted by Crippen LogP contribution is -2.42. The van der Waals surface area contributed by atoms with Crippen molar-refractivity contribution < 1.29 is 22.0 Å². The maximum Gasteiger partial charge on any atom is 0.239 e. The Morgan fingerprint density at radius 3 is 2.52 bits per heavy atom. The second-order valence-electron chi connectivity index (χ2n) is 6.12. The van der Waals surface area contributed by atoms with E-state index in [2.05, 4.69) is 20.9 Å². The Balaban J connectivity index is 0.00000420. The number of halogens is 2. The highest BCUT2D eigenvalue weighted by molar-refractivity contribution is 14.0. The Hall–Kier alpha value is -2.15. The van der Waals surface area contributed by atoms with Crippen LogP contribution in [0.15, 0.2) is 46.0 Å². The van der Waals surface area contributed by atoms with Crippen LogP contribution in [0.25, 0.3) is 0 Å². The van der Waals surface area contributed by atoms with E-state index < -0.39 is 15.7 Å². The van der Waals surface area contributed by atoms with Crippen LogP contribution in [-0.2, 0) is 33.5 Å². The van der Waals surface area contributed by atoms with Crippen molar-refractivity contribution in [2.45, 2.75) is 18.8 Å². The van der Waals surface area contributed by atoms with Crippen LogP contribution in [0.1, 0.15) is 16.9 Å². The first-order chi connectivity index (χ1) is 13.3. The van der Waals surface area contributed by atoms with E-state index in [-0.39, 0.29) is 55.3 Å². The zero-order valence-corrected chi connectivity index (χ0v) is 19.2. The fourth-order valence-electron chi connectivity index (χ4n) is 2.41. The molecule has 0 radical (unpaired) electrons. The summed E-state index contributed by atoms with van der Waals surface area (Å²) in [4.78, 5) is 15.9. The number of sulfone groups is 1. The van der Waals surface area contributed by atoms with Gasteiger partial charge in [-0.05, 0) is 35.4 Å². The standard InChI is InChI=1S/C18H23FN4O4S.HI/c1-20-18(23-11-17(24)21-10-16-4-3-7-27-16)22-9-14-8-15(19)6-5-13(14)12-28(2,25)26;/h3-8H,9-12H2,1-2H3,(H,21,24)(H2,20,22,23);1H. The molecule has 2 rings (SSSR count). The van der Waals surface area contributed by atoms with Crippen LogP contribution in [0.2, 0.25) is 0 Å². The number of nitrogens with zero attached hydrogens (tertiary/aromatic N) is 1. The van der Waals surface area contributed by atoms with Crippen LogP contribution < -0.4 is 16.0 Å². The van der Waals surface area contributed by atoms with Crippen molar-refractivity contribution in [1.82, 2.24) is 16.0 Å². The molecule has 11 heteroatoms. The smallest absolute Gasteiger partial charge is 0.239 e. The van der Waals surface area contributed by atoms with Gasteiger partial charge in [-0.1, -0.05) is 6.07 Å². The molecule has 1 heterocycles. The lowest BCUT2D eigenvalue weighted by molar-refractivity contribution is -0.120. The molecule has 29 heavy (non-hydrogen) atoms. The van der Waals surface area contributed by atoms with Crippen LogP contribution in [0.5, 0.6) is 0 Å². The van der Waals surface area contributed by atoms with Gasteiger partial charge in [0.2, 0.25) is 5.91 Å². The summed E-state index contributed by atoms with van der Waals surface area (Å²) in [5.74, 6) is 0.0474. The van der Waals surface area contributed by atoms with Crippen molar-refractivity contribution >= 4 is 45.7 Å². The van der Waals surface area contributed by atoms with Crippen LogP contribution >= 0.6 is 24.0 Å². The summed E-state index contributed by atoms with van der Waals surface area (Å²) < 4.78 is 41.8. The molecule has 1 amide bonds. The fraction of sp³-hybridized carbons (Fsp3) is 0.333. The van der Waals surface area contributed by atoms with Gasteiger partial charge < -0.3 is 20.4 Å². The third-order valence-electron chi connectivity index (χ3n) is 3.71. The molecule has 0 aliphatic heterocycles. The Bertz CT molecular complexity index is 933. The molecule has 1 aromatic heterocycles. The highest BCUT2D eigenvalue weighted by Crippen LogP contribution is 2.14. The predicted octanol–water partition coefficient (Wildman–Crippen LogP) is 1.56. The van der Waals surface area contributed by atoms with Crippen LogP contribution in [-0.4, -0.2) is 40.1 Å². The van der Waals surface area contributed by atoms with Crippen LogP contribution in [0, 0.1) is 5.82 Å². The van der Waals surface area contributed by atoms with E-state index in [1.807, 2.05) is 0 Å². The lowest BCUT2D eigenvalue weighted by Gasteiger charge is -2.14. The summed E-state index contributed by atoms with van der Waals surface area (Å²) in [6.45, 7) is 0.397. The van der Waals surface area contributed by atoms with Crippen molar-refractivity contribution in [3.05, 3.63) is 59.3 Å². The number of nitrogens with one attached hydrogen (secondary N) is 3. The Morgan fingerprint density at radius 2 is 1.90 bits per heavy atom. The minimum Gasteiger partial charge on any atom is -0.467 e. The molecule has 0 fully saturated rings. The molecule has 2 aromatic rings. The molecule has 0 saturated carbocycles. The third kappa shape index (κ3) is 9.26. The van der Waals surface area contributed by atoms with Gasteiger partial charge in [-0.2, -0.15) is 0 Å². The van der Waals surface area contributed by atoms with Gasteiger partial charge in [0.05, 0.1) is 25.1 Å². The molecule has 0 aliphatic rings. The molecule has 8 nitrogen and oxygen atoms in total. The van der Waals surface area contributed by atoms with E-state index >= 15 is 0 Å². The second-order valence-corrected chi connectivity index (χ2v) is 8.26. The van der Waals surface area contributed by atoms with Gasteiger partial charge >= 0.3 is 0 Å². The van der Waals surface area contributed by atoms with E-state index in [1.54, 1.807) is 12.1 Å². The third-order valence-corrected chi connectivity index (χ3v) is 4.55. The average Bonchev–Trinajstić information content (AvgIpc) is 3.14. The number of hydrogen-bond donors (Lipinski definition) is 3. The largest absolute Gasteiger partial charge is 0.467 e. The summed E-state index contributed by atoms with van der Waals surface area (Å²) in [7, 11) is -1.73. The summed E-state index contributed by atoms with van der Waals surface area (Å²) in [5.41, 5.74) is 0.999. The van der Waals surface area contributed by atoms with Gasteiger partial charge in [-0.15, -0.1) is 24.0 Å². The zero-order valence-electron chi connectivity index (χ0n) is 16.1. The maximum absolute atomic E-state index is 13.6. The molecule has 0 spiro atoms. The van der Waals surface area contributed by atoms with Crippen LogP contribution in [0.3, 0.4) is 0 Å². The number of furan rings is 1. The van der Waals surface area contributed by atoms with Gasteiger partial charge in [-0.25, -0.2) is 12.8 Å².